The van der Waals surface area contributed by atoms with Crippen LogP contribution in [0.15, 0.2) is 0 Å². The quantitative estimate of drug-likeness (QED) is 0.493. The molecule has 0 aliphatic carbocycles. The molecule has 1 aliphatic heterocycles. The van der Waals surface area contributed by atoms with E-state index in [0.29, 0.717) is 18.5 Å². The first-order valence-electron chi connectivity index (χ1n) is 5.29. The zero-order chi connectivity index (χ0) is 10.2. The van der Waals surface area contributed by atoms with Gasteiger partial charge < -0.3 is 15.8 Å². The average molecular weight is 196 g/mol. The second-order valence-electron chi connectivity index (χ2n) is 3.60. The van der Waals surface area contributed by atoms with Gasteiger partial charge in [0.15, 0.2) is 0 Å². The Hall–Kier alpha value is -0.560. The van der Waals surface area contributed by atoms with Crippen LogP contribution in [-0.4, -0.2) is 32.3 Å². The molecule has 0 spiro atoms. The lowest BCUT2D eigenvalue weighted by atomic mass is 9.99. The largest absolute Gasteiger partial charge is 0.381 e. The van der Waals surface area contributed by atoms with Crippen LogP contribution >= 0.6 is 0 Å². The summed E-state index contributed by atoms with van der Waals surface area (Å²) in [6.07, 6.45) is 2.04. The van der Waals surface area contributed by atoms with Crippen molar-refractivity contribution >= 4 is 0 Å². The van der Waals surface area contributed by atoms with Crippen molar-refractivity contribution in [3.8, 4) is 11.8 Å². The lowest BCUT2D eigenvalue weighted by molar-refractivity contribution is 0.177. The molecule has 3 N–H and O–H groups in total. The molecule has 1 saturated heterocycles. The molecule has 0 aromatic heterocycles. The highest BCUT2D eigenvalue weighted by molar-refractivity contribution is 4.95. The first-order valence-corrected chi connectivity index (χ1v) is 5.29. The Morgan fingerprint density at radius 1 is 1.64 bits per heavy atom. The zero-order valence-electron chi connectivity index (χ0n) is 8.88. The van der Waals surface area contributed by atoms with E-state index in [1.807, 2.05) is 6.92 Å². The van der Waals surface area contributed by atoms with Crippen molar-refractivity contribution in [1.82, 2.24) is 5.32 Å². The van der Waals surface area contributed by atoms with E-state index in [9.17, 15) is 0 Å². The van der Waals surface area contributed by atoms with Crippen molar-refractivity contribution in [3.05, 3.63) is 0 Å². The minimum Gasteiger partial charge on any atom is -0.381 e. The second kappa shape index (κ2) is 6.83. The highest BCUT2D eigenvalue weighted by atomic mass is 16.5. The zero-order valence-corrected chi connectivity index (χ0v) is 8.88. The van der Waals surface area contributed by atoms with Crippen LogP contribution in [0.2, 0.25) is 0 Å². The van der Waals surface area contributed by atoms with Gasteiger partial charge in [0, 0.05) is 38.1 Å². The van der Waals surface area contributed by atoms with Gasteiger partial charge in [0.2, 0.25) is 0 Å². The first-order chi connectivity index (χ1) is 6.88. The van der Waals surface area contributed by atoms with Crippen LogP contribution in [0.1, 0.15) is 19.8 Å². The van der Waals surface area contributed by atoms with Crippen LogP contribution in [0.5, 0.6) is 0 Å². The van der Waals surface area contributed by atoms with E-state index in [-0.39, 0.29) is 0 Å². The van der Waals surface area contributed by atoms with Crippen LogP contribution in [0, 0.1) is 17.8 Å². The van der Waals surface area contributed by atoms with Gasteiger partial charge in [0.25, 0.3) is 0 Å². The van der Waals surface area contributed by atoms with Gasteiger partial charge in [-0.3, -0.25) is 0 Å². The van der Waals surface area contributed by atoms with Gasteiger partial charge in [-0.2, -0.15) is 0 Å². The molecule has 0 aromatic carbocycles. The molecule has 0 bridgehead atoms. The third kappa shape index (κ3) is 3.67. The molecule has 3 heteroatoms. The van der Waals surface area contributed by atoms with E-state index in [0.717, 1.165) is 32.6 Å². The van der Waals surface area contributed by atoms with Gasteiger partial charge in [0.05, 0.1) is 6.61 Å². The molecule has 2 atom stereocenters. The maximum absolute atomic E-state index is 5.71. The fourth-order valence-corrected chi connectivity index (χ4v) is 1.76. The molecule has 0 saturated carbocycles. The maximum atomic E-state index is 5.71. The molecule has 1 aliphatic rings. The number of rotatable bonds is 5. The molecule has 80 valence electrons. The summed E-state index contributed by atoms with van der Waals surface area (Å²) in [5.74, 6) is 6.51. The van der Waals surface area contributed by atoms with Gasteiger partial charge in [-0.15, -0.1) is 11.8 Å². The predicted molar refractivity (Wildman–Crippen MR) is 57.8 cm³/mol. The number of nitrogens with two attached hydrogens (primary N) is 1. The highest BCUT2D eigenvalue weighted by Crippen LogP contribution is 2.15. The van der Waals surface area contributed by atoms with E-state index in [1.165, 1.54) is 0 Å². The van der Waals surface area contributed by atoms with E-state index >= 15 is 0 Å². The first kappa shape index (κ1) is 11.5. The summed E-state index contributed by atoms with van der Waals surface area (Å²) in [6.45, 7) is 5.23. The van der Waals surface area contributed by atoms with Crippen molar-refractivity contribution in [2.45, 2.75) is 25.8 Å². The molecule has 1 rings (SSSR count). The van der Waals surface area contributed by atoms with Crippen molar-refractivity contribution < 1.29 is 4.74 Å². The molecule has 1 fully saturated rings. The average Bonchev–Trinajstić information content (AvgIpc) is 2.71. The van der Waals surface area contributed by atoms with E-state index in [4.69, 9.17) is 10.5 Å². The maximum Gasteiger partial charge on any atom is 0.0510 e. The molecule has 3 nitrogen and oxygen atoms in total. The molecular weight excluding hydrogens is 176 g/mol. The van der Waals surface area contributed by atoms with E-state index in [1.54, 1.807) is 0 Å². The minimum absolute atomic E-state index is 0.399. The number of ether oxygens (including phenoxy) is 1. The highest BCUT2D eigenvalue weighted by Gasteiger charge is 2.23. The summed E-state index contributed by atoms with van der Waals surface area (Å²) >= 11 is 0. The topological polar surface area (TPSA) is 47.3 Å². The van der Waals surface area contributed by atoms with Crippen molar-refractivity contribution in [2.75, 3.05) is 26.3 Å². The van der Waals surface area contributed by atoms with Crippen LogP contribution in [0.25, 0.3) is 0 Å². The summed E-state index contributed by atoms with van der Waals surface area (Å²) in [5.41, 5.74) is 5.71. The Labute approximate surface area is 86.4 Å². The van der Waals surface area contributed by atoms with Crippen molar-refractivity contribution in [2.24, 2.45) is 11.7 Å². The van der Waals surface area contributed by atoms with Gasteiger partial charge in [-0.1, -0.05) is 0 Å². The molecule has 2 unspecified atom stereocenters. The lowest BCUT2D eigenvalue weighted by Gasteiger charge is -2.21. The fraction of sp³-hybridized carbons (Fsp3) is 0.818. The van der Waals surface area contributed by atoms with Gasteiger partial charge >= 0.3 is 0 Å². The number of nitrogens with one attached hydrogen (secondary N) is 1. The SMILES string of the molecule is CC#CCCNC(CN)C1CCOC1. The second-order valence-corrected chi connectivity index (χ2v) is 3.60. The third-order valence-corrected chi connectivity index (χ3v) is 2.62. The van der Waals surface area contributed by atoms with Crippen molar-refractivity contribution in [3.63, 3.8) is 0 Å². The smallest absolute Gasteiger partial charge is 0.0510 e. The molecule has 0 radical (unpaired) electrons. The van der Waals surface area contributed by atoms with Crippen molar-refractivity contribution in [1.29, 1.82) is 0 Å². The van der Waals surface area contributed by atoms with E-state index in [2.05, 4.69) is 17.2 Å². The van der Waals surface area contributed by atoms with Gasteiger partial charge in [-0.25, -0.2) is 0 Å². The predicted octanol–water partition coefficient (Wildman–Crippen LogP) is 0.353. The van der Waals surface area contributed by atoms with Crippen LogP contribution in [0.4, 0.5) is 0 Å². The van der Waals surface area contributed by atoms with E-state index < -0.39 is 0 Å². The Kier molecular flexibility index (Phi) is 5.62. The Morgan fingerprint density at radius 2 is 2.50 bits per heavy atom. The van der Waals surface area contributed by atoms with Crippen LogP contribution < -0.4 is 11.1 Å². The lowest BCUT2D eigenvalue weighted by Crippen LogP contribution is -2.42. The molecule has 1 heterocycles. The summed E-state index contributed by atoms with van der Waals surface area (Å²) in [5, 5.41) is 3.44. The third-order valence-electron chi connectivity index (χ3n) is 2.62. The van der Waals surface area contributed by atoms with Crippen LogP contribution in [0.3, 0.4) is 0 Å². The molecule has 0 aromatic rings. The summed E-state index contributed by atoms with van der Waals surface area (Å²) in [7, 11) is 0. The van der Waals surface area contributed by atoms with Crippen LogP contribution in [-0.2, 0) is 4.74 Å². The standard InChI is InChI=1S/C11H20N2O/c1-2-3-4-6-13-11(8-12)10-5-7-14-9-10/h10-11,13H,4-9,12H2,1H3. The molecule has 0 amide bonds. The summed E-state index contributed by atoms with van der Waals surface area (Å²) < 4.78 is 5.34. The summed E-state index contributed by atoms with van der Waals surface area (Å²) in [4.78, 5) is 0. The minimum atomic E-state index is 0.399. The molecule has 14 heavy (non-hydrogen) atoms. The molecular formula is C11H20N2O. The Bertz CT molecular complexity index is 201. The Balaban J connectivity index is 2.19. The van der Waals surface area contributed by atoms with Gasteiger partial charge in [0.1, 0.15) is 0 Å². The number of hydrogen-bond acceptors (Lipinski definition) is 3. The monoisotopic (exact) mass is 196 g/mol. The number of hydrogen-bond donors (Lipinski definition) is 2. The normalized spacial score (nSPS) is 22.9. The van der Waals surface area contributed by atoms with Gasteiger partial charge in [-0.05, 0) is 13.3 Å². The Morgan fingerprint density at radius 3 is 3.07 bits per heavy atom. The fourth-order valence-electron chi connectivity index (χ4n) is 1.76. The summed E-state index contributed by atoms with van der Waals surface area (Å²) in [6, 6.07) is 0.399.